The fourth-order valence-corrected chi connectivity index (χ4v) is 4.05. The predicted molar refractivity (Wildman–Crippen MR) is 113 cm³/mol. The normalized spacial score (nSPS) is 16.6. The molecule has 0 bridgehead atoms. The van der Waals surface area contributed by atoms with Gasteiger partial charge in [-0.1, -0.05) is 37.6 Å². The molecule has 2 aromatic carbocycles. The molecule has 0 unspecified atom stereocenters. The van der Waals surface area contributed by atoms with Gasteiger partial charge >= 0.3 is 0 Å². The molecule has 7 heteroatoms. The van der Waals surface area contributed by atoms with Crippen LogP contribution in [0.4, 0.5) is 11.4 Å². The molecule has 150 valence electrons. The van der Waals surface area contributed by atoms with Crippen LogP contribution < -0.4 is 9.80 Å². The summed E-state index contributed by atoms with van der Waals surface area (Å²) in [5.41, 5.74) is 2.04. The van der Waals surface area contributed by atoms with Crippen LogP contribution in [0.5, 0.6) is 0 Å². The van der Waals surface area contributed by atoms with Crippen LogP contribution in [0.25, 0.3) is 0 Å². The molecule has 3 amide bonds. The van der Waals surface area contributed by atoms with E-state index in [0.717, 1.165) is 5.69 Å². The number of nitrogens with zero attached hydrogens (tertiary/aromatic N) is 3. The summed E-state index contributed by atoms with van der Waals surface area (Å²) in [6.07, 6.45) is 0. The molecular weight excluding hydrogens is 390 g/mol. The van der Waals surface area contributed by atoms with Gasteiger partial charge in [-0.05, 0) is 30.3 Å². The molecule has 2 aromatic rings. The molecule has 29 heavy (non-hydrogen) atoms. The van der Waals surface area contributed by atoms with Crippen LogP contribution in [0.1, 0.15) is 34.6 Å². The van der Waals surface area contributed by atoms with Crippen molar-refractivity contribution in [2.24, 2.45) is 5.92 Å². The minimum absolute atomic E-state index is 0.0361. The fourth-order valence-electron chi connectivity index (χ4n) is 3.88. The van der Waals surface area contributed by atoms with E-state index in [1.54, 1.807) is 36.4 Å². The molecule has 1 saturated heterocycles. The predicted octanol–water partition coefficient (Wildman–Crippen LogP) is 3.45. The maximum Gasteiger partial charge on any atom is 0.266 e. The minimum atomic E-state index is -0.345. The van der Waals surface area contributed by atoms with Gasteiger partial charge in [0.1, 0.15) is 0 Å². The summed E-state index contributed by atoms with van der Waals surface area (Å²) in [7, 11) is 0. The van der Waals surface area contributed by atoms with Gasteiger partial charge in [-0.25, -0.2) is 4.90 Å². The number of imide groups is 1. The summed E-state index contributed by atoms with van der Waals surface area (Å²) >= 11 is 6.22. The lowest BCUT2D eigenvalue weighted by Crippen LogP contribution is -2.50. The second-order valence-corrected chi connectivity index (χ2v) is 8.03. The standard InChI is InChI=1S/C22H22ClN3O3/c1-14(2)20(27)25-11-9-24(10-12-25)18-8-7-15(23)13-19(18)26-21(28)16-5-3-4-6-17(16)22(26)29/h3-8,13-14H,9-12H2,1-2H3. The highest BCUT2D eigenvalue weighted by molar-refractivity contribution is 6.36. The van der Waals surface area contributed by atoms with E-state index in [4.69, 9.17) is 11.6 Å². The number of rotatable bonds is 3. The summed E-state index contributed by atoms with van der Waals surface area (Å²) in [6.45, 7) is 6.23. The van der Waals surface area contributed by atoms with E-state index in [0.29, 0.717) is 48.0 Å². The molecule has 2 heterocycles. The number of hydrogen-bond donors (Lipinski definition) is 0. The summed E-state index contributed by atoms with van der Waals surface area (Å²) in [5, 5.41) is 0.453. The molecular formula is C22H22ClN3O3. The van der Waals surface area contributed by atoms with Gasteiger partial charge in [0.05, 0.1) is 22.5 Å². The van der Waals surface area contributed by atoms with Gasteiger partial charge in [0.15, 0.2) is 0 Å². The molecule has 0 saturated carbocycles. The molecule has 0 N–H and O–H groups in total. The molecule has 0 aromatic heterocycles. The van der Waals surface area contributed by atoms with Crippen molar-refractivity contribution in [1.29, 1.82) is 0 Å². The maximum absolute atomic E-state index is 13.0. The Balaban J connectivity index is 1.64. The second-order valence-electron chi connectivity index (χ2n) is 7.59. The van der Waals surface area contributed by atoms with Crippen molar-refractivity contribution < 1.29 is 14.4 Å². The number of benzene rings is 2. The minimum Gasteiger partial charge on any atom is -0.366 e. The highest BCUT2D eigenvalue weighted by Gasteiger charge is 2.38. The lowest BCUT2D eigenvalue weighted by molar-refractivity contribution is -0.134. The van der Waals surface area contributed by atoms with Crippen LogP contribution >= 0.6 is 11.6 Å². The largest absolute Gasteiger partial charge is 0.366 e. The SMILES string of the molecule is CC(C)C(=O)N1CCN(c2ccc(Cl)cc2N2C(=O)c3ccccc3C2=O)CC1. The van der Waals surface area contributed by atoms with Gasteiger partial charge in [0.25, 0.3) is 11.8 Å². The second kappa shape index (κ2) is 7.52. The number of hydrogen-bond acceptors (Lipinski definition) is 4. The monoisotopic (exact) mass is 411 g/mol. The van der Waals surface area contributed by atoms with Crippen molar-refractivity contribution in [3.05, 3.63) is 58.6 Å². The van der Waals surface area contributed by atoms with Gasteiger partial charge in [0.2, 0.25) is 5.91 Å². The number of fused-ring (bicyclic) bond motifs is 1. The Morgan fingerprint density at radius 2 is 1.48 bits per heavy atom. The average Bonchev–Trinajstić information content (AvgIpc) is 2.98. The number of halogens is 1. The lowest BCUT2D eigenvalue weighted by atomic mass is 10.1. The van der Waals surface area contributed by atoms with Crippen LogP contribution in [0, 0.1) is 5.92 Å². The first kappa shape index (κ1) is 19.5. The van der Waals surface area contributed by atoms with Crippen molar-refractivity contribution in [1.82, 2.24) is 4.90 Å². The van der Waals surface area contributed by atoms with E-state index in [-0.39, 0.29) is 23.6 Å². The molecule has 6 nitrogen and oxygen atoms in total. The summed E-state index contributed by atoms with van der Waals surface area (Å²) in [6, 6.07) is 12.1. The van der Waals surface area contributed by atoms with E-state index in [1.807, 2.05) is 24.8 Å². The first-order valence-electron chi connectivity index (χ1n) is 9.69. The summed E-state index contributed by atoms with van der Waals surface area (Å²) < 4.78 is 0. The quantitative estimate of drug-likeness (QED) is 0.726. The van der Waals surface area contributed by atoms with Gasteiger partial charge < -0.3 is 9.80 Å². The average molecular weight is 412 g/mol. The van der Waals surface area contributed by atoms with Crippen LogP contribution in [0.2, 0.25) is 5.02 Å². The number of piperazine rings is 1. The smallest absolute Gasteiger partial charge is 0.266 e. The Bertz CT molecular complexity index is 962. The number of carbonyl (C=O) groups excluding carboxylic acids is 3. The van der Waals surface area contributed by atoms with E-state index >= 15 is 0 Å². The first-order valence-corrected chi connectivity index (χ1v) is 10.1. The Kier molecular flexibility index (Phi) is 5.04. The summed E-state index contributed by atoms with van der Waals surface area (Å²) in [5.74, 6) is -0.585. The van der Waals surface area contributed by atoms with E-state index in [1.165, 1.54) is 4.90 Å². The van der Waals surface area contributed by atoms with Crippen LogP contribution in [-0.4, -0.2) is 48.8 Å². The third kappa shape index (κ3) is 3.38. The summed E-state index contributed by atoms with van der Waals surface area (Å²) in [4.78, 5) is 43.4. The third-order valence-electron chi connectivity index (χ3n) is 5.40. The number of anilines is 2. The third-order valence-corrected chi connectivity index (χ3v) is 5.63. The number of amides is 3. The van der Waals surface area contributed by atoms with Gasteiger partial charge in [-0.3, -0.25) is 14.4 Å². The molecule has 0 radical (unpaired) electrons. The van der Waals surface area contributed by atoms with Gasteiger partial charge in [0, 0.05) is 37.1 Å². The van der Waals surface area contributed by atoms with Crippen molar-refractivity contribution >= 4 is 40.7 Å². The highest BCUT2D eigenvalue weighted by Crippen LogP contribution is 2.37. The molecule has 0 aliphatic carbocycles. The van der Waals surface area contributed by atoms with Crippen molar-refractivity contribution in [2.75, 3.05) is 36.0 Å². The van der Waals surface area contributed by atoms with Crippen LogP contribution in [0.3, 0.4) is 0 Å². The molecule has 0 atom stereocenters. The van der Waals surface area contributed by atoms with Crippen LogP contribution in [0.15, 0.2) is 42.5 Å². The first-order chi connectivity index (χ1) is 13.9. The molecule has 1 fully saturated rings. The molecule has 4 rings (SSSR count). The molecule has 2 aliphatic rings. The fraction of sp³-hybridized carbons (Fsp3) is 0.318. The van der Waals surface area contributed by atoms with Crippen LogP contribution in [-0.2, 0) is 4.79 Å². The van der Waals surface area contributed by atoms with Gasteiger partial charge in [-0.2, -0.15) is 0 Å². The lowest BCUT2D eigenvalue weighted by Gasteiger charge is -2.38. The Morgan fingerprint density at radius 1 is 0.897 bits per heavy atom. The Hall–Kier alpha value is -2.86. The number of carbonyl (C=O) groups is 3. The zero-order chi connectivity index (χ0) is 20.7. The van der Waals surface area contributed by atoms with Crippen molar-refractivity contribution in [2.45, 2.75) is 13.8 Å². The topological polar surface area (TPSA) is 60.9 Å². The zero-order valence-electron chi connectivity index (χ0n) is 16.4. The van der Waals surface area contributed by atoms with Crippen molar-refractivity contribution in [3.63, 3.8) is 0 Å². The zero-order valence-corrected chi connectivity index (χ0v) is 17.1. The molecule has 0 spiro atoms. The Labute approximate surface area is 174 Å². The highest BCUT2D eigenvalue weighted by atomic mass is 35.5. The van der Waals surface area contributed by atoms with Gasteiger partial charge in [-0.15, -0.1) is 0 Å². The maximum atomic E-state index is 13.0. The van der Waals surface area contributed by atoms with E-state index in [9.17, 15) is 14.4 Å². The van der Waals surface area contributed by atoms with E-state index < -0.39 is 0 Å². The van der Waals surface area contributed by atoms with Crippen molar-refractivity contribution in [3.8, 4) is 0 Å². The van der Waals surface area contributed by atoms with E-state index in [2.05, 4.69) is 4.90 Å². The Morgan fingerprint density at radius 3 is 2.03 bits per heavy atom. The molecule has 2 aliphatic heterocycles.